The topological polar surface area (TPSA) is 68.2 Å². The molecule has 2 heterocycles. The number of nitrogens with two attached hydrogens (primary N) is 1. The first-order chi connectivity index (χ1) is 10.1. The summed E-state index contributed by atoms with van der Waals surface area (Å²) in [6, 6.07) is 4.28. The summed E-state index contributed by atoms with van der Waals surface area (Å²) in [5.41, 5.74) is 9.82. The molecule has 0 saturated carbocycles. The number of nitrogens with zero attached hydrogens (tertiary/aromatic N) is 3. The van der Waals surface area contributed by atoms with Gasteiger partial charge in [-0.1, -0.05) is 12.1 Å². The summed E-state index contributed by atoms with van der Waals surface area (Å²) >= 11 is 0. The van der Waals surface area contributed by atoms with Gasteiger partial charge in [0.15, 0.2) is 0 Å². The van der Waals surface area contributed by atoms with Gasteiger partial charge in [0.1, 0.15) is 0 Å². The van der Waals surface area contributed by atoms with Gasteiger partial charge in [-0.3, -0.25) is 10.8 Å². The molecular formula is C16H19N5. The maximum Gasteiger partial charge on any atom is 0.0896 e. The highest BCUT2D eigenvalue weighted by atomic mass is 15.3. The number of fused-ring (bicyclic) bond motifs is 1. The van der Waals surface area contributed by atoms with Crippen molar-refractivity contribution in [1.29, 1.82) is 0 Å². The SMILES string of the molecule is Cc1cc(C)c(C(NN)c2cnn3ccncc23)cc1C. The fourth-order valence-corrected chi connectivity index (χ4v) is 2.72. The normalized spacial score (nSPS) is 12.8. The predicted octanol–water partition coefficient (Wildman–Crippen LogP) is 2.21. The number of rotatable bonds is 3. The van der Waals surface area contributed by atoms with Crippen LogP contribution in [-0.2, 0) is 0 Å². The molecule has 0 spiro atoms. The Morgan fingerprint density at radius 1 is 1.05 bits per heavy atom. The Labute approximate surface area is 123 Å². The molecule has 1 unspecified atom stereocenters. The van der Waals surface area contributed by atoms with Gasteiger partial charge in [0, 0.05) is 18.0 Å². The third-order valence-corrected chi connectivity index (χ3v) is 4.03. The van der Waals surface area contributed by atoms with E-state index in [-0.39, 0.29) is 6.04 Å². The highest BCUT2D eigenvalue weighted by Crippen LogP contribution is 2.28. The first-order valence-electron chi connectivity index (χ1n) is 6.93. The number of aromatic nitrogens is 3. The Morgan fingerprint density at radius 2 is 1.81 bits per heavy atom. The highest BCUT2D eigenvalue weighted by molar-refractivity contribution is 5.56. The largest absolute Gasteiger partial charge is 0.271 e. The third kappa shape index (κ3) is 2.30. The van der Waals surface area contributed by atoms with Gasteiger partial charge in [-0.25, -0.2) is 9.94 Å². The van der Waals surface area contributed by atoms with E-state index in [0.29, 0.717) is 0 Å². The fraction of sp³-hybridized carbons (Fsp3) is 0.250. The molecule has 3 rings (SSSR count). The monoisotopic (exact) mass is 281 g/mol. The van der Waals surface area contributed by atoms with Crippen LogP contribution >= 0.6 is 0 Å². The van der Waals surface area contributed by atoms with Crippen molar-refractivity contribution in [2.24, 2.45) is 5.84 Å². The number of hydrazine groups is 1. The highest BCUT2D eigenvalue weighted by Gasteiger charge is 2.19. The van der Waals surface area contributed by atoms with Crippen LogP contribution < -0.4 is 11.3 Å². The van der Waals surface area contributed by atoms with Crippen LogP contribution in [0, 0.1) is 20.8 Å². The second-order valence-electron chi connectivity index (χ2n) is 5.40. The molecule has 5 heteroatoms. The zero-order chi connectivity index (χ0) is 15.0. The van der Waals surface area contributed by atoms with Crippen molar-refractivity contribution in [2.75, 3.05) is 0 Å². The zero-order valence-corrected chi connectivity index (χ0v) is 12.5. The summed E-state index contributed by atoms with van der Waals surface area (Å²) in [6.07, 6.45) is 7.20. The molecule has 0 radical (unpaired) electrons. The number of aryl methyl sites for hydroxylation is 3. The molecule has 108 valence electrons. The maximum absolute atomic E-state index is 5.84. The zero-order valence-electron chi connectivity index (χ0n) is 12.5. The van der Waals surface area contributed by atoms with Gasteiger partial charge in [-0.15, -0.1) is 0 Å². The summed E-state index contributed by atoms with van der Waals surface area (Å²) < 4.78 is 1.81. The second-order valence-corrected chi connectivity index (χ2v) is 5.40. The van der Waals surface area contributed by atoms with E-state index in [1.807, 2.05) is 23.1 Å². The van der Waals surface area contributed by atoms with Gasteiger partial charge in [-0.2, -0.15) is 5.10 Å². The van der Waals surface area contributed by atoms with Crippen molar-refractivity contribution in [3.63, 3.8) is 0 Å². The molecule has 3 aromatic rings. The van der Waals surface area contributed by atoms with Gasteiger partial charge in [0.25, 0.3) is 0 Å². The Balaban J connectivity index is 2.17. The van der Waals surface area contributed by atoms with Crippen molar-refractivity contribution in [3.05, 3.63) is 64.7 Å². The van der Waals surface area contributed by atoms with Crippen LogP contribution in [0.25, 0.3) is 5.52 Å². The lowest BCUT2D eigenvalue weighted by Gasteiger charge is -2.19. The van der Waals surface area contributed by atoms with Crippen LogP contribution in [0.3, 0.4) is 0 Å². The molecule has 0 saturated heterocycles. The van der Waals surface area contributed by atoms with Crippen LogP contribution in [-0.4, -0.2) is 14.6 Å². The van der Waals surface area contributed by atoms with Gasteiger partial charge in [0.05, 0.1) is 24.0 Å². The second kappa shape index (κ2) is 5.27. The van der Waals surface area contributed by atoms with E-state index in [1.165, 1.54) is 22.3 Å². The van der Waals surface area contributed by atoms with Gasteiger partial charge < -0.3 is 0 Å². The Bertz CT molecular complexity index is 790. The summed E-state index contributed by atoms with van der Waals surface area (Å²) in [7, 11) is 0. The molecule has 1 aromatic carbocycles. The van der Waals surface area contributed by atoms with Crippen molar-refractivity contribution in [2.45, 2.75) is 26.8 Å². The summed E-state index contributed by atoms with van der Waals surface area (Å²) in [5, 5.41) is 4.36. The van der Waals surface area contributed by atoms with Gasteiger partial charge in [-0.05, 0) is 43.0 Å². The third-order valence-electron chi connectivity index (χ3n) is 4.03. The van der Waals surface area contributed by atoms with E-state index in [1.54, 1.807) is 6.20 Å². The van der Waals surface area contributed by atoms with Crippen LogP contribution in [0.1, 0.15) is 33.9 Å². The Hall–Kier alpha value is -2.24. The van der Waals surface area contributed by atoms with Crippen molar-refractivity contribution in [1.82, 2.24) is 20.0 Å². The lowest BCUT2D eigenvalue weighted by atomic mass is 9.93. The molecule has 0 aliphatic heterocycles. The molecule has 0 amide bonds. The first-order valence-corrected chi connectivity index (χ1v) is 6.93. The summed E-state index contributed by atoms with van der Waals surface area (Å²) in [4.78, 5) is 4.18. The van der Waals surface area contributed by atoms with Crippen LogP contribution in [0.15, 0.2) is 36.9 Å². The maximum atomic E-state index is 5.84. The van der Waals surface area contributed by atoms with E-state index in [9.17, 15) is 0 Å². The van der Waals surface area contributed by atoms with Crippen molar-refractivity contribution < 1.29 is 0 Å². The summed E-state index contributed by atoms with van der Waals surface area (Å²) in [6.45, 7) is 6.34. The van der Waals surface area contributed by atoms with Crippen LogP contribution in [0.2, 0.25) is 0 Å². The minimum atomic E-state index is -0.106. The van der Waals surface area contributed by atoms with E-state index >= 15 is 0 Å². The average Bonchev–Trinajstić information content (AvgIpc) is 2.89. The average molecular weight is 281 g/mol. The Kier molecular flexibility index (Phi) is 3.45. The van der Waals surface area contributed by atoms with Crippen molar-refractivity contribution >= 4 is 5.52 Å². The van der Waals surface area contributed by atoms with E-state index in [2.05, 4.69) is 48.4 Å². The molecule has 0 aliphatic carbocycles. The smallest absolute Gasteiger partial charge is 0.0896 e. The fourth-order valence-electron chi connectivity index (χ4n) is 2.72. The number of nitrogens with one attached hydrogen (secondary N) is 1. The predicted molar refractivity (Wildman–Crippen MR) is 82.8 cm³/mol. The lowest BCUT2D eigenvalue weighted by Crippen LogP contribution is -2.29. The Morgan fingerprint density at radius 3 is 2.57 bits per heavy atom. The molecule has 3 N–H and O–H groups in total. The van der Waals surface area contributed by atoms with E-state index in [4.69, 9.17) is 5.84 Å². The van der Waals surface area contributed by atoms with E-state index < -0.39 is 0 Å². The van der Waals surface area contributed by atoms with Crippen molar-refractivity contribution in [3.8, 4) is 0 Å². The molecule has 21 heavy (non-hydrogen) atoms. The molecule has 2 aromatic heterocycles. The van der Waals surface area contributed by atoms with Crippen LogP contribution in [0.5, 0.6) is 0 Å². The molecule has 1 atom stereocenters. The lowest BCUT2D eigenvalue weighted by molar-refractivity contribution is 0.636. The van der Waals surface area contributed by atoms with Crippen LogP contribution in [0.4, 0.5) is 0 Å². The minimum Gasteiger partial charge on any atom is -0.271 e. The molecular weight excluding hydrogens is 262 g/mol. The molecule has 0 aliphatic rings. The standard InChI is InChI=1S/C16H19N5/c1-10-6-12(3)13(7-11(10)2)16(20-17)14-8-19-21-5-4-18-9-15(14)21/h4-9,16,20H,17H2,1-3H3. The summed E-state index contributed by atoms with van der Waals surface area (Å²) in [5.74, 6) is 5.84. The number of benzene rings is 1. The molecule has 5 nitrogen and oxygen atoms in total. The van der Waals surface area contributed by atoms with Gasteiger partial charge in [0.2, 0.25) is 0 Å². The number of hydrogen-bond acceptors (Lipinski definition) is 4. The van der Waals surface area contributed by atoms with Gasteiger partial charge >= 0.3 is 0 Å². The quantitative estimate of drug-likeness (QED) is 0.570. The molecule has 0 bridgehead atoms. The number of hydrogen-bond donors (Lipinski definition) is 2. The first kappa shape index (κ1) is 13.7. The minimum absolute atomic E-state index is 0.106. The van der Waals surface area contributed by atoms with E-state index in [0.717, 1.165) is 11.1 Å². The molecule has 0 fully saturated rings.